The minimum atomic E-state index is -0.997. The lowest BCUT2D eigenvalue weighted by molar-refractivity contribution is -0.00972. The molecule has 3 atom stereocenters. The molecule has 2 aliphatic rings. The predicted octanol–water partition coefficient (Wildman–Crippen LogP) is 3.03. The monoisotopic (exact) mass is 449 g/mol. The SMILES string of the molecule is COc1ncc([C@]2(O)CC[C@H]3CN(Cc4cccc(-n5nc(C)cc5C)c4)C[C@H]32)c(OC)n1. The lowest BCUT2D eigenvalue weighted by Gasteiger charge is -2.31. The molecule has 2 fully saturated rings. The third-order valence-corrected chi connectivity index (χ3v) is 7.17. The number of hydrogen-bond acceptors (Lipinski definition) is 7. The maximum absolute atomic E-state index is 11.8. The Morgan fingerprint density at radius 1 is 1.15 bits per heavy atom. The summed E-state index contributed by atoms with van der Waals surface area (Å²) in [6.07, 6.45) is 3.32. The Bertz CT molecular complexity index is 1160. The third kappa shape index (κ3) is 3.87. The first-order valence-corrected chi connectivity index (χ1v) is 11.4. The number of aryl methyl sites for hydroxylation is 2. The van der Waals surface area contributed by atoms with E-state index in [4.69, 9.17) is 9.47 Å². The Kier molecular flexibility index (Phi) is 5.58. The summed E-state index contributed by atoms with van der Waals surface area (Å²) >= 11 is 0. The predicted molar refractivity (Wildman–Crippen MR) is 124 cm³/mol. The average molecular weight is 450 g/mol. The lowest BCUT2D eigenvalue weighted by Crippen LogP contribution is -2.35. The van der Waals surface area contributed by atoms with Gasteiger partial charge in [0.15, 0.2) is 0 Å². The molecule has 5 rings (SSSR count). The molecule has 0 spiro atoms. The number of likely N-dealkylation sites (tertiary alicyclic amines) is 1. The topological polar surface area (TPSA) is 85.5 Å². The van der Waals surface area contributed by atoms with Crippen molar-refractivity contribution in [1.82, 2.24) is 24.6 Å². The van der Waals surface area contributed by atoms with Crippen LogP contribution in [0.25, 0.3) is 5.69 Å². The highest BCUT2D eigenvalue weighted by molar-refractivity contribution is 5.38. The second kappa shape index (κ2) is 8.43. The van der Waals surface area contributed by atoms with E-state index in [1.54, 1.807) is 13.3 Å². The Morgan fingerprint density at radius 2 is 2.00 bits per heavy atom. The molecule has 2 aromatic heterocycles. The van der Waals surface area contributed by atoms with Gasteiger partial charge < -0.3 is 14.6 Å². The van der Waals surface area contributed by atoms with Crippen LogP contribution in [0.4, 0.5) is 0 Å². The molecule has 1 aliphatic carbocycles. The van der Waals surface area contributed by atoms with E-state index in [2.05, 4.69) is 57.2 Å². The molecule has 174 valence electrons. The van der Waals surface area contributed by atoms with Gasteiger partial charge >= 0.3 is 6.01 Å². The zero-order valence-corrected chi connectivity index (χ0v) is 19.7. The molecule has 0 bridgehead atoms. The molecule has 0 radical (unpaired) electrons. The smallest absolute Gasteiger partial charge is 0.319 e. The fourth-order valence-electron chi connectivity index (χ4n) is 5.69. The van der Waals surface area contributed by atoms with E-state index >= 15 is 0 Å². The van der Waals surface area contributed by atoms with Crippen molar-refractivity contribution in [2.75, 3.05) is 27.3 Å². The fourth-order valence-corrected chi connectivity index (χ4v) is 5.69. The van der Waals surface area contributed by atoms with Crippen molar-refractivity contribution in [1.29, 1.82) is 0 Å². The molecule has 1 saturated carbocycles. The van der Waals surface area contributed by atoms with Gasteiger partial charge in [-0.3, -0.25) is 4.90 Å². The van der Waals surface area contributed by atoms with E-state index in [1.165, 1.54) is 12.7 Å². The summed E-state index contributed by atoms with van der Waals surface area (Å²) in [4.78, 5) is 11.0. The van der Waals surface area contributed by atoms with Gasteiger partial charge in [0, 0.05) is 37.4 Å². The molecular weight excluding hydrogens is 418 g/mol. The molecule has 8 nitrogen and oxygen atoms in total. The number of hydrogen-bond donors (Lipinski definition) is 1. The van der Waals surface area contributed by atoms with Crippen molar-refractivity contribution in [3.8, 4) is 17.6 Å². The Hall–Kier alpha value is -2.97. The van der Waals surface area contributed by atoms with Crippen molar-refractivity contribution in [2.45, 2.75) is 38.8 Å². The highest BCUT2D eigenvalue weighted by Gasteiger charge is 2.53. The largest absolute Gasteiger partial charge is 0.481 e. The van der Waals surface area contributed by atoms with Gasteiger partial charge in [-0.05, 0) is 56.4 Å². The average Bonchev–Trinajstić information content (AvgIpc) is 3.47. The summed E-state index contributed by atoms with van der Waals surface area (Å²) < 4.78 is 12.6. The minimum absolute atomic E-state index is 0.114. The van der Waals surface area contributed by atoms with E-state index in [0.29, 0.717) is 23.8 Å². The molecule has 3 aromatic rings. The quantitative estimate of drug-likeness (QED) is 0.619. The van der Waals surface area contributed by atoms with Crippen molar-refractivity contribution >= 4 is 0 Å². The minimum Gasteiger partial charge on any atom is -0.481 e. The molecule has 1 N–H and O–H groups in total. The molecule has 8 heteroatoms. The number of benzene rings is 1. The molecule has 1 saturated heterocycles. The van der Waals surface area contributed by atoms with Gasteiger partial charge in [-0.15, -0.1) is 0 Å². The molecule has 1 aromatic carbocycles. The highest BCUT2D eigenvalue weighted by Crippen LogP contribution is 2.52. The number of aromatic nitrogens is 4. The Morgan fingerprint density at radius 3 is 2.73 bits per heavy atom. The van der Waals surface area contributed by atoms with Gasteiger partial charge in [0.2, 0.25) is 5.88 Å². The number of ether oxygens (including phenoxy) is 2. The maximum Gasteiger partial charge on any atom is 0.319 e. The summed E-state index contributed by atoms with van der Waals surface area (Å²) in [7, 11) is 3.09. The normalized spacial score (nSPS) is 24.8. The number of fused-ring (bicyclic) bond motifs is 1. The van der Waals surface area contributed by atoms with Gasteiger partial charge in [-0.2, -0.15) is 10.1 Å². The second-order valence-corrected chi connectivity index (χ2v) is 9.31. The van der Waals surface area contributed by atoms with E-state index in [1.807, 2.05) is 11.6 Å². The lowest BCUT2D eigenvalue weighted by atomic mass is 9.83. The molecule has 3 heterocycles. The number of methoxy groups -OCH3 is 2. The molecule has 0 unspecified atom stereocenters. The van der Waals surface area contributed by atoms with Gasteiger partial charge in [0.1, 0.15) is 5.60 Å². The van der Waals surface area contributed by atoms with Crippen molar-refractivity contribution in [3.63, 3.8) is 0 Å². The standard InChI is InChI=1S/C25H31N5O3/c1-16-10-17(2)30(28-16)20-7-5-6-18(11-20)13-29-14-19-8-9-25(31,22(19)15-29)21-12-26-24(33-4)27-23(21)32-3/h5-7,10-12,19,22,31H,8-9,13-15H2,1-4H3/t19-,22+,25+/m0/s1. The van der Waals surface area contributed by atoms with Crippen molar-refractivity contribution < 1.29 is 14.6 Å². The van der Waals surface area contributed by atoms with Crippen LogP contribution in [0.1, 0.15) is 35.4 Å². The fraction of sp³-hybridized carbons (Fsp3) is 0.480. The van der Waals surface area contributed by atoms with Crippen molar-refractivity contribution in [3.05, 3.63) is 59.0 Å². The third-order valence-electron chi connectivity index (χ3n) is 7.17. The Labute approximate surface area is 194 Å². The van der Waals surface area contributed by atoms with Gasteiger partial charge in [0.25, 0.3) is 0 Å². The molecule has 1 aliphatic heterocycles. The summed E-state index contributed by atoms with van der Waals surface area (Å²) in [6, 6.07) is 10.9. The first-order valence-electron chi connectivity index (χ1n) is 11.4. The zero-order chi connectivity index (χ0) is 23.2. The molecule has 0 amide bonds. The first-order chi connectivity index (χ1) is 15.9. The zero-order valence-electron chi connectivity index (χ0n) is 19.7. The van der Waals surface area contributed by atoms with E-state index in [9.17, 15) is 5.11 Å². The first kappa shape index (κ1) is 21.9. The van der Waals surface area contributed by atoms with Crippen LogP contribution in [0, 0.1) is 25.7 Å². The van der Waals surface area contributed by atoms with Crippen LogP contribution in [-0.2, 0) is 12.1 Å². The molecular formula is C25H31N5O3. The summed E-state index contributed by atoms with van der Waals surface area (Å²) in [6.45, 7) is 6.72. The summed E-state index contributed by atoms with van der Waals surface area (Å²) in [5.74, 6) is 0.935. The van der Waals surface area contributed by atoms with Crippen LogP contribution in [0.5, 0.6) is 11.9 Å². The Balaban J connectivity index is 1.35. The number of rotatable bonds is 6. The van der Waals surface area contributed by atoms with Gasteiger partial charge in [-0.25, -0.2) is 9.67 Å². The van der Waals surface area contributed by atoms with Crippen LogP contribution < -0.4 is 9.47 Å². The van der Waals surface area contributed by atoms with Crippen molar-refractivity contribution in [2.24, 2.45) is 11.8 Å². The number of nitrogens with zero attached hydrogens (tertiary/aromatic N) is 5. The van der Waals surface area contributed by atoms with Crippen LogP contribution in [0.15, 0.2) is 36.5 Å². The highest BCUT2D eigenvalue weighted by atomic mass is 16.5. The van der Waals surface area contributed by atoms with E-state index in [0.717, 1.165) is 43.1 Å². The van der Waals surface area contributed by atoms with E-state index in [-0.39, 0.29) is 11.9 Å². The maximum atomic E-state index is 11.8. The van der Waals surface area contributed by atoms with Gasteiger partial charge in [-0.1, -0.05) is 12.1 Å². The number of aliphatic hydroxyl groups is 1. The summed E-state index contributed by atoms with van der Waals surface area (Å²) in [5.41, 5.74) is 4.13. The molecule has 33 heavy (non-hydrogen) atoms. The second-order valence-electron chi connectivity index (χ2n) is 9.31. The van der Waals surface area contributed by atoms with Crippen LogP contribution >= 0.6 is 0 Å². The summed E-state index contributed by atoms with van der Waals surface area (Å²) in [5, 5.41) is 16.4. The van der Waals surface area contributed by atoms with Crippen LogP contribution in [0.3, 0.4) is 0 Å². The van der Waals surface area contributed by atoms with Gasteiger partial charge in [0.05, 0.1) is 31.2 Å². The van der Waals surface area contributed by atoms with Crippen LogP contribution in [0.2, 0.25) is 0 Å². The van der Waals surface area contributed by atoms with E-state index < -0.39 is 5.60 Å². The van der Waals surface area contributed by atoms with Crippen LogP contribution in [-0.4, -0.2) is 57.1 Å².